The minimum absolute atomic E-state index is 0.152. The number of benzene rings is 1. The molecule has 0 radical (unpaired) electrons. The van der Waals surface area contributed by atoms with Crippen LogP contribution in [0.5, 0.6) is 0 Å². The number of aliphatic hydroxyl groups is 1. The van der Waals surface area contributed by atoms with Crippen LogP contribution >= 0.6 is 0 Å². The van der Waals surface area contributed by atoms with Gasteiger partial charge in [-0.25, -0.2) is 0 Å². The number of halogens is 3. The van der Waals surface area contributed by atoms with E-state index in [2.05, 4.69) is 0 Å². The third-order valence-electron chi connectivity index (χ3n) is 2.56. The first-order chi connectivity index (χ1) is 8.38. The van der Waals surface area contributed by atoms with Gasteiger partial charge >= 0.3 is 6.18 Å². The molecule has 0 aliphatic heterocycles. The number of aryl methyl sites for hydroxylation is 1. The minimum Gasteiger partial charge on any atom is -0.463 e. The normalized spacial score (nSPS) is 13.6. The van der Waals surface area contributed by atoms with E-state index in [4.69, 9.17) is 4.42 Å². The number of rotatable bonds is 2. The van der Waals surface area contributed by atoms with Crippen molar-refractivity contribution in [3.8, 4) is 0 Å². The maximum absolute atomic E-state index is 12.5. The standard InChI is InChI=1S/C13H11F3O2/c1-8-5-6-11(18-8)12(17)9-3-2-4-10(7-9)13(14,15)16/h2-7,12,17H,1H3. The maximum Gasteiger partial charge on any atom is 0.416 e. The van der Waals surface area contributed by atoms with Crippen molar-refractivity contribution >= 4 is 0 Å². The van der Waals surface area contributed by atoms with Gasteiger partial charge in [0.05, 0.1) is 5.56 Å². The van der Waals surface area contributed by atoms with Gasteiger partial charge in [0.15, 0.2) is 0 Å². The molecule has 1 heterocycles. The zero-order chi connectivity index (χ0) is 13.3. The Hall–Kier alpha value is -1.75. The fourth-order valence-corrected chi connectivity index (χ4v) is 1.65. The third kappa shape index (κ3) is 2.56. The molecule has 18 heavy (non-hydrogen) atoms. The second kappa shape index (κ2) is 4.49. The van der Waals surface area contributed by atoms with Gasteiger partial charge in [-0.2, -0.15) is 13.2 Å². The molecule has 0 amide bonds. The quantitative estimate of drug-likeness (QED) is 0.889. The van der Waals surface area contributed by atoms with Gasteiger partial charge in [-0.3, -0.25) is 0 Å². The van der Waals surface area contributed by atoms with Crippen LogP contribution < -0.4 is 0 Å². The van der Waals surface area contributed by atoms with E-state index in [0.29, 0.717) is 5.76 Å². The van der Waals surface area contributed by atoms with Crippen molar-refractivity contribution in [3.63, 3.8) is 0 Å². The Morgan fingerprint density at radius 2 is 1.89 bits per heavy atom. The Kier molecular flexibility index (Phi) is 3.17. The lowest BCUT2D eigenvalue weighted by atomic mass is 10.0. The molecule has 1 unspecified atom stereocenters. The van der Waals surface area contributed by atoms with Gasteiger partial charge in [0, 0.05) is 0 Å². The summed E-state index contributed by atoms with van der Waals surface area (Å²) in [4.78, 5) is 0. The van der Waals surface area contributed by atoms with Gasteiger partial charge in [0.25, 0.3) is 0 Å². The summed E-state index contributed by atoms with van der Waals surface area (Å²) in [5, 5.41) is 9.93. The Balaban J connectivity index is 2.34. The molecule has 1 atom stereocenters. The molecule has 0 saturated carbocycles. The smallest absolute Gasteiger partial charge is 0.416 e. The summed E-state index contributed by atoms with van der Waals surface area (Å²) in [6.45, 7) is 1.70. The molecular formula is C13H11F3O2. The highest BCUT2D eigenvalue weighted by Crippen LogP contribution is 2.32. The van der Waals surface area contributed by atoms with Crippen molar-refractivity contribution in [2.75, 3.05) is 0 Å². The molecule has 1 aromatic heterocycles. The van der Waals surface area contributed by atoms with Gasteiger partial charge in [-0.15, -0.1) is 0 Å². The highest BCUT2D eigenvalue weighted by molar-refractivity contribution is 5.31. The molecule has 0 aliphatic carbocycles. The van der Waals surface area contributed by atoms with Crippen LogP contribution in [0.1, 0.15) is 28.8 Å². The van der Waals surface area contributed by atoms with E-state index in [1.165, 1.54) is 12.1 Å². The lowest BCUT2D eigenvalue weighted by Crippen LogP contribution is -2.07. The number of furan rings is 1. The van der Waals surface area contributed by atoms with Crippen LogP contribution in [0.3, 0.4) is 0 Å². The number of alkyl halides is 3. The van der Waals surface area contributed by atoms with E-state index in [0.717, 1.165) is 12.1 Å². The van der Waals surface area contributed by atoms with Crippen LogP contribution in [0.4, 0.5) is 13.2 Å². The van der Waals surface area contributed by atoms with E-state index in [1.807, 2.05) is 0 Å². The van der Waals surface area contributed by atoms with Crippen molar-refractivity contribution in [2.24, 2.45) is 0 Å². The first kappa shape index (κ1) is 12.7. The second-order valence-corrected chi connectivity index (χ2v) is 3.97. The number of hydrogen-bond donors (Lipinski definition) is 1. The van der Waals surface area contributed by atoms with E-state index in [-0.39, 0.29) is 11.3 Å². The summed E-state index contributed by atoms with van der Waals surface area (Å²) >= 11 is 0. The van der Waals surface area contributed by atoms with E-state index in [1.54, 1.807) is 19.1 Å². The van der Waals surface area contributed by atoms with Crippen molar-refractivity contribution < 1.29 is 22.7 Å². The molecular weight excluding hydrogens is 245 g/mol. The van der Waals surface area contributed by atoms with Crippen molar-refractivity contribution in [1.82, 2.24) is 0 Å². The van der Waals surface area contributed by atoms with Crippen LogP contribution in [0.2, 0.25) is 0 Å². The average Bonchev–Trinajstić information content (AvgIpc) is 2.74. The molecule has 2 nitrogen and oxygen atoms in total. The third-order valence-corrected chi connectivity index (χ3v) is 2.56. The first-order valence-electron chi connectivity index (χ1n) is 5.29. The van der Waals surface area contributed by atoms with Crippen LogP contribution in [0.25, 0.3) is 0 Å². The summed E-state index contributed by atoms with van der Waals surface area (Å²) < 4.78 is 42.8. The molecule has 1 aromatic carbocycles. The summed E-state index contributed by atoms with van der Waals surface area (Å²) in [6, 6.07) is 7.76. The topological polar surface area (TPSA) is 33.4 Å². The summed E-state index contributed by atoms with van der Waals surface area (Å²) in [5.74, 6) is 0.822. The van der Waals surface area contributed by atoms with E-state index < -0.39 is 17.8 Å². The molecule has 2 aromatic rings. The predicted molar refractivity (Wildman–Crippen MR) is 59.0 cm³/mol. The van der Waals surface area contributed by atoms with Gasteiger partial charge in [-0.05, 0) is 36.8 Å². The summed E-state index contributed by atoms with van der Waals surface area (Å²) in [6.07, 6.45) is -5.62. The lowest BCUT2D eigenvalue weighted by molar-refractivity contribution is -0.137. The zero-order valence-corrected chi connectivity index (χ0v) is 9.53. The highest BCUT2D eigenvalue weighted by atomic mass is 19.4. The Morgan fingerprint density at radius 1 is 1.17 bits per heavy atom. The largest absolute Gasteiger partial charge is 0.463 e. The monoisotopic (exact) mass is 256 g/mol. The summed E-state index contributed by atoms with van der Waals surface area (Å²) in [5.41, 5.74) is -0.637. The molecule has 0 fully saturated rings. The zero-order valence-electron chi connectivity index (χ0n) is 9.53. The maximum atomic E-state index is 12.5. The molecule has 0 aliphatic rings. The SMILES string of the molecule is Cc1ccc(C(O)c2cccc(C(F)(F)F)c2)o1. The van der Waals surface area contributed by atoms with Crippen molar-refractivity contribution in [3.05, 3.63) is 59.0 Å². The van der Waals surface area contributed by atoms with Crippen LogP contribution in [0, 0.1) is 6.92 Å². The van der Waals surface area contributed by atoms with Crippen LogP contribution in [-0.4, -0.2) is 5.11 Å². The van der Waals surface area contributed by atoms with Gasteiger partial charge < -0.3 is 9.52 Å². The number of hydrogen-bond acceptors (Lipinski definition) is 2. The molecule has 2 rings (SSSR count). The summed E-state index contributed by atoms with van der Waals surface area (Å²) in [7, 11) is 0. The fourth-order valence-electron chi connectivity index (χ4n) is 1.65. The Labute approximate surface area is 102 Å². The van der Waals surface area contributed by atoms with E-state index >= 15 is 0 Å². The van der Waals surface area contributed by atoms with Gasteiger partial charge in [-0.1, -0.05) is 12.1 Å². The molecule has 0 saturated heterocycles. The van der Waals surface area contributed by atoms with Crippen LogP contribution in [0.15, 0.2) is 40.8 Å². The van der Waals surface area contributed by atoms with Crippen LogP contribution in [-0.2, 0) is 6.18 Å². The molecule has 0 bridgehead atoms. The second-order valence-electron chi connectivity index (χ2n) is 3.97. The Morgan fingerprint density at radius 3 is 2.44 bits per heavy atom. The lowest BCUT2D eigenvalue weighted by Gasteiger charge is -2.11. The van der Waals surface area contributed by atoms with Crippen molar-refractivity contribution in [1.29, 1.82) is 0 Å². The highest BCUT2D eigenvalue weighted by Gasteiger charge is 2.31. The van der Waals surface area contributed by atoms with Gasteiger partial charge in [0.2, 0.25) is 0 Å². The van der Waals surface area contributed by atoms with Crippen molar-refractivity contribution in [2.45, 2.75) is 19.2 Å². The number of aliphatic hydroxyl groups excluding tert-OH is 1. The molecule has 1 N–H and O–H groups in total. The molecule has 0 spiro atoms. The minimum atomic E-state index is -4.42. The van der Waals surface area contributed by atoms with E-state index in [9.17, 15) is 18.3 Å². The average molecular weight is 256 g/mol. The first-order valence-corrected chi connectivity index (χ1v) is 5.29. The predicted octanol–water partition coefficient (Wildman–Crippen LogP) is 3.69. The molecule has 96 valence electrons. The fraction of sp³-hybridized carbons (Fsp3) is 0.231. The Bertz CT molecular complexity index is 543. The van der Waals surface area contributed by atoms with Gasteiger partial charge in [0.1, 0.15) is 17.6 Å². The molecule has 5 heteroatoms.